The van der Waals surface area contributed by atoms with E-state index in [4.69, 9.17) is 9.73 Å². The van der Waals surface area contributed by atoms with Crippen LogP contribution in [-0.4, -0.2) is 49.6 Å². The van der Waals surface area contributed by atoms with E-state index in [-0.39, 0.29) is 12.0 Å². The molecule has 0 aliphatic carbocycles. The van der Waals surface area contributed by atoms with Crippen molar-refractivity contribution in [3.8, 4) is 0 Å². The van der Waals surface area contributed by atoms with Crippen LogP contribution >= 0.6 is 11.3 Å². The van der Waals surface area contributed by atoms with Gasteiger partial charge in [-0.25, -0.2) is 4.99 Å². The van der Waals surface area contributed by atoms with Crippen LogP contribution in [-0.2, 0) is 22.5 Å². The molecule has 7 heteroatoms. The quantitative estimate of drug-likeness (QED) is 0.512. The lowest BCUT2D eigenvalue weighted by Gasteiger charge is -2.21. The van der Waals surface area contributed by atoms with Gasteiger partial charge in [-0.2, -0.15) is 0 Å². The molecule has 2 aromatic rings. The van der Waals surface area contributed by atoms with Gasteiger partial charge in [0.15, 0.2) is 5.96 Å². The lowest BCUT2D eigenvalue weighted by atomic mass is 10.2. The molecule has 1 aliphatic heterocycles. The SMILES string of the molecule is CCNC(=NCc1cccc(NC(=O)C2CCCO2)c1)N(C)CCc1cccs1. The van der Waals surface area contributed by atoms with E-state index in [1.807, 2.05) is 24.3 Å². The minimum atomic E-state index is -0.325. The third kappa shape index (κ3) is 6.58. The Morgan fingerprint density at radius 1 is 1.34 bits per heavy atom. The highest BCUT2D eigenvalue weighted by Gasteiger charge is 2.23. The molecule has 0 bridgehead atoms. The van der Waals surface area contributed by atoms with Crippen LogP contribution in [0.1, 0.15) is 30.2 Å². The molecular weight excluding hydrogens is 384 g/mol. The van der Waals surface area contributed by atoms with E-state index >= 15 is 0 Å². The van der Waals surface area contributed by atoms with Crippen LogP contribution in [0.5, 0.6) is 0 Å². The number of rotatable bonds is 8. The number of carbonyl (C=O) groups excluding carboxylic acids is 1. The van der Waals surface area contributed by atoms with Crippen LogP contribution in [0.15, 0.2) is 46.8 Å². The van der Waals surface area contributed by atoms with Gasteiger partial charge in [-0.3, -0.25) is 4.79 Å². The third-order valence-corrected chi connectivity index (χ3v) is 5.73. The lowest BCUT2D eigenvalue weighted by molar-refractivity contribution is -0.124. The predicted octanol–water partition coefficient (Wildman–Crippen LogP) is 3.51. The molecule has 0 saturated carbocycles. The Morgan fingerprint density at radius 3 is 2.97 bits per heavy atom. The maximum Gasteiger partial charge on any atom is 0.253 e. The molecule has 2 N–H and O–H groups in total. The number of hydrogen-bond donors (Lipinski definition) is 2. The van der Waals surface area contributed by atoms with Gasteiger partial charge in [0.1, 0.15) is 6.10 Å². The summed E-state index contributed by atoms with van der Waals surface area (Å²) in [6.07, 6.45) is 2.41. The van der Waals surface area contributed by atoms with Gasteiger partial charge in [0.25, 0.3) is 5.91 Å². The van der Waals surface area contributed by atoms with Crippen molar-refractivity contribution in [2.45, 2.75) is 38.8 Å². The molecule has 6 nitrogen and oxygen atoms in total. The Bertz CT molecular complexity index is 801. The van der Waals surface area contributed by atoms with Crippen molar-refractivity contribution in [3.05, 3.63) is 52.2 Å². The maximum absolute atomic E-state index is 12.3. The number of guanidine groups is 1. The van der Waals surface area contributed by atoms with Crippen LogP contribution in [0.2, 0.25) is 0 Å². The highest BCUT2D eigenvalue weighted by molar-refractivity contribution is 7.09. The summed E-state index contributed by atoms with van der Waals surface area (Å²) in [5.74, 6) is 0.822. The van der Waals surface area contributed by atoms with E-state index in [9.17, 15) is 4.79 Å². The summed E-state index contributed by atoms with van der Waals surface area (Å²) in [4.78, 5) is 20.6. The van der Waals surface area contributed by atoms with E-state index in [0.717, 1.165) is 49.6 Å². The zero-order valence-electron chi connectivity index (χ0n) is 17.2. The number of thiophene rings is 1. The zero-order chi connectivity index (χ0) is 20.5. The molecule has 1 fully saturated rings. The fourth-order valence-corrected chi connectivity index (χ4v) is 3.93. The summed E-state index contributed by atoms with van der Waals surface area (Å²) in [5, 5.41) is 8.43. The molecule has 2 heterocycles. The molecule has 1 amide bonds. The van der Waals surface area contributed by atoms with Gasteiger partial charge in [-0.05, 0) is 55.3 Å². The summed E-state index contributed by atoms with van der Waals surface area (Å²) < 4.78 is 5.45. The van der Waals surface area contributed by atoms with Crippen LogP contribution in [0.3, 0.4) is 0 Å². The molecule has 1 aromatic heterocycles. The fourth-order valence-electron chi connectivity index (χ4n) is 3.23. The van der Waals surface area contributed by atoms with E-state index in [1.54, 1.807) is 11.3 Å². The smallest absolute Gasteiger partial charge is 0.253 e. The predicted molar refractivity (Wildman–Crippen MR) is 120 cm³/mol. The second-order valence-corrected chi connectivity index (χ2v) is 8.14. The van der Waals surface area contributed by atoms with E-state index in [2.05, 4.69) is 47.0 Å². The number of carbonyl (C=O) groups is 1. The molecule has 1 aliphatic rings. The summed E-state index contributed by atoms with van der Waals surface area (Å²) >= 11 is 1.79. The van der Waals surface area contributed by atoms with Crippen molar-refractivity contribution in [3.63, 3.8) is 0 Å². The number of ether oxygens (including phenoxy) is 1. The minimum Gasteiger partial charge on any atom is -0.368 e. The average Bonchev–Trinajstić information content (AvgIpc) is 3.44. The summed E-state index contributed by atoms with van der Waals surface area (Å²) in [7, 11) is 2.06. The van der Waals surface area contributed by atoms with Crippen LogP contribution in [0, 0.1) is 0 Å². The molecule has 0 radical (unpaired) electrons. The number of anilines is 1. The second kappa shape index (κ2) is 11.0. The highest BCUT2D eigenvalue weighted by atomic mass is 32.1. The zero-order valence-corrected chi connectivity index (χ0v) is 18.0. The Balaban J connectivity index is 1.58. The largest absolute Gasteiger partial charge is 0.368 e. The van der Waals surface area contributed by atoms with E-state index in [1.165, 1.54) is 4.88 Å². The molecule has 1 atom stereocenters. The Labute approximate surface area is 177 Å². The van der Waals surface area contributed by atoms with Gasteiger partial charge in [0.05, 0.1) is 6.54 Å². The number of aliphatic imine (C=N–C) groups is 1. The summed E-state index contributed by atoms with van der Waals surface area (Å²) in [6.45, 7) is 5.02. The Hall–Kier alpha value is -2.38. The van der Waals surface area contributed by atoms with Crippen molar-refractivity contribution < 1.29 is 9.53 Å². The summed E-state index contributed by atoms with van der Waals surface area (Å²) in [6, 6.07) is 12.1. The molecule has 1 saturated heterocycles. The highest BCUT2D eigenvalue weighted by Crippen LogP contribution is 2.17. The first-order chi connectivity index (χ1) is 14.2. The normalized spacial score (nSPS) is 16.6. The van der Waals surface area contributed by atoms with Gasteiger partial charge >= 0.3 is 0 Å². The Kier molecular flexibility index (Phi) is 8.07. The van der Waals surface area contributed by atoms with Crippen LogP contribution in [0.4, 0.5) is 5.69 Å². The first-order valence-electron chi connectivity index (χ1n) is 10.2. The molecule has 29 heavy (non-hydrogen) atoms. The monoisotopic (exact) mass is 414 g/mol. The number of nitrogens with one attached hydrogen (secondary N) is 2. The number of benzene rings is 1. The topological polar surface area (TPSA) is 66.0 Å². The van der Waals surface area contributed by atoms with Gasteiger partial charge in [0, 0.05) is 37.3 Å². The number of likely N-dealkylation sites (N-methyl/N-ethyl adjacent to an activating group) is 1. The van der Waals surface area contributed by atoms with Crippen LogP contribution < -0.4 is 10.6 Å². The van der Waals surface area contributed by atoms with E-state index < -0.39 is 0 Å². The van der Waals surface area contributed by atoms with Gasteiger partial charge < -0.3 is 20.3 Å². The Morgan fingerprint density at radius 2 is 2.24 bits per heavy atom. The molecule has 3 rings (SSSR count). The molecule has 1 aromatic carbocycles. The van der Waals surface area contributed by atoms with Gasteiger partial charge in [-0.15, -0.1) is 11.3 Å². The fraction of sp³-hybridized carbons (Fsp3) is 0.455. The second-order valence-electron chi connectivity index (χ2n) is 7.11. The van der Waals surface area contributed by atoms with Crippen molar-refractivity contribution in [1.29, 1.82) is 0 Å². The molecule has 0 spiro atoms. The van der Waals surface area contributed by atoms with Crippen molar-refractivity contribution in [1.82, 2.24) is 10.2 Å². The molecule has 156 valence electrons. The number of nitrogens with zero attached hydrogens (tertiary/aromatic N) is 2. The van der Waals surface area contributed by atoms with Crippen molar-refractivity contribution in [2.75, 3.05) is 32.1 Å². The minimum absolute atomic E-state index is 0.0650. The lowest BCUT2D eigenvalue weighted by Crippen LogP contribution is -2.39. The first kappa shape index (κ1) is 21.3. The molecular formula is C22H30N4O2S. The number of hydrogen-bond acceptors (Lipinski definition) is 4. The third-order valence-electron chi connectivity index (χ3n) is 4.80. The van der Waals surface area contributed by atoms with Crippen molar-refractivity contribution >= 4 is 28.9 Å². The molecule has 1 unspecified atom stereocenters. The summed E-state index contributed by atoms with van der Waals surface area (Å²) in [5.41, 5.74) is 1.84. The first-order valence-corrected chi connectivity index (χ1v) is 11.1. The van der Waals surface area contributed by atoms with Gasteiger partial charge in [-0.1, -0.05) is 18.2 Å². The van der Waals surface area contributed by atoms with Crippen LogP contribution in [0.25, 0.3) is 0 Å². The average molecular weight is 415 g/mol. The number of amides is 1. The maximum atomic E-state index is 12.3. The van der Waals surface area contributed by atoms with Gasteiger partial charge in [0.2, 0.25) is 0 Å². The standard InChI is InChI=1S/C22H30N4O2S/c1-3-23-22(26(2)12-11-19-9-6-14-29-19)24-16-17-7-4-8-18(15-17)25-21(27)20-10-5-13-28-20/h4,6-9,14-15,20H,3,5,10-13,16H2,1-2H3,(H,23,24)(H,25,27). The van der Waals surface area contributed by atoms with Crippen molar-refractivity contribution in [2.24, 2.45) is 4.99 Å². The van der Waals surface area contributed by atoms with E-state index in [0.29, 0.717) is 13.2 Å².